The van der Waals surface area contributed by atoms with E-state index in [1.54, 1.807) is 24.3 Å². The van der Waals surface area contributed by atoms with Crippen LogP contribution in [-0.2, 0) is 22.7 Å². The highest BCUT2D eigenvalue weighted by molar-refractivity contribution is 6.01. The number of urea groups is 1. The normalized spacial score (nSPS) is 13.7. The Morgan fingerprint density at radius 1 is 1.12 bits per heavy atom. The van der Waals surface area contributed by atoms with Gasteiger partial charge in [0.05, 0.1) is 18.7 Å². The molecule has 2 aromatic carbocycles. The van der Waals surface area contributed by atoms with Gasteiger partial charge in [-0.1, -0.05) is 42.0 Å². The van der Waals surface area contributed by atoms with E-state index in [0.29, 0.717) is 5.56 Å². The molecule has 0 aromatic heterocycles. The van der Waals surface area contributed by atoms with E-state index in [1.807, 2.05) is 31.2 Å². The summed E-state index contributed by atoms with van der Waals surface area (Å²) in [7, 11) is 0. The fourth-order valence-electron chi connectivity index (χ4n) is 2.58. The zero-order valence-corrected chi connectivity index (χ0v) is 13.8. The van der Waals surface area contributed by atoms with E-state index in [9.17, 15) is 14.4 Å². The minimum Gasteiger partial charge on any atom is -0.457 e. The predicted octanol–water partition coefficient (Wildman–Crippen LogP) is 2.40. The monoisotopic (exact) mass is 338 g/mol. The highest BCUT2D eigenvalue weighted by atomic mass is 16.5. The number of nitrogens with zero attached hydrogens (tertiary/aromatic N) is 1. The summed E-state index contributed by atoms with van der Waals surface area (Å²) in [6.45, 7) is 2.41. The van der Waals surface area contributed by atoms with Gasteiger partial charge in [0.1, 0.15) is 6.61 Å². The number of benzene rings is 2. The van der Waals surface area contributed by atoms with Crippen molar-refractivity contribution in [2.24, 2.45) is 0 Å². The van der Waals surface area contributed by atoms with E-state index in [-0.39, 0.29) is 25.6 Å². The molecule has 3 rings (SSSR count). The zero-order chi connectivity index (χ0) is 17.8. The number of ether oxygens (including phenoxy) is 1. The average molecular weight is 338 g/mol. The third-order valence-corrected chi connectivity index (χ3v) is 3.92. The van der Waals surface area contributed by atoms with Crippen LogP contribution in [0.2, 0.25) is 0 Å². The molecule has 6 nitrogen and oxygen atoms in total. The summed E-state index contributed by atoms with van der Waals surface area (Å²) in [5, 5.41) is 2.47. The molecule has 0 unspecified atom stereocenters. The summed E-state index contributed by atoms with van der Waals surface area (Å²) in [5.41, 5.74) is 3.23. The van der Waals surface area contributed by atoms with Gasteiger partial charge in [-0.05, 0) is 30.2 Å². The van der Waals surface area contributed by atoms with Crippen molar-refractivity contribution in [3.8, 4) is 0 Å². The van der Waals surface area contributed by atoms with Gasteiger partial charge in [0, 0.05) is 0 Å². The number of carbonyl (C=O) groups excluding carboxylic acids is 3. The van der Waals surface area contributed by atoms with Crippen LogP contribution in [0.25, 0.3) is 0 Å². The van der Waals surface area contributed by atoms with Gasteiger partial charge in [0.2, 0.25) is 5.91 Å². The summed E-state index contributed by atoms with van der Waals surface area (Å²) in [6, 6.07) is 14.1. The van der Waals surface area contributed by atoms with E-state index < -0.39 is 12.0 Å². The topological polar surface area (TPSA) is 75.7 Å². The Morgan fingerprint density at radius 2 is 1.88 bits per heavy atom. The second kappa shape index (κ2) is 7.17. The number of esters is 1. The van der Waals surface area contributed by atoms with Crippen LogP contribution in [0.4, 0.5) is 4.79 Å². The SMILES string of the molecule is Cc1cccc(COC(=O)c2ccc(CN3C(=O)CNC3=O)cc2)c1. The maximum absolute atomic E-state index is 12.1. The minimum absolute atomic E-state index is 0.0300. The average Bonchev–Trinajstić information content (AvgIpc) is 2.92. The lowest BCUT2D eigenvalue weighted by atomic mass is 10.1. The molecule has 1 aliphatic rings. The minimum atomic E-state index is -0.414. The highest BCUT2D eigenvalue weighted by Crippen LogP contribution is 2.12. The molecule has 0 atom stereocenters. The predicted molar refractivity (Wildman–Crippen MR) is 90.7 cm³/mol. The maximum atomic E-state index is 12.1. The van der Waals surface area contributed by atoms with Gasteiger partial charge in [0.15, 0.2) is 0 Å². The van der Waals surface area contributed by atoms with Crippen molar-refractivity contribution in [2.45, 2.75) is 20.1 Å². The van der Waals surface area contributed by atoms with Gasteiger partial charge >= 0.3 is 12.0 Å². The van der Waals surface area contributed by atoms with E-state index in [0.717, 1.165) is 21.6 Å². The lowest BCUT2D eigenvalue weighted by Crippen LogP contribution is -2.30. The molecule has 25 heavy (non-hydrogen) atoms. The molecule has 3 amide bonds. The summed E-state index contributed by atoms with van der Waals surface area (Å²) in [5.74, 6) is -0.672. The molecule has 1 saturated heterocycles. The standard InChI is InChI=1S/C19H18N2O4/c1-13-3-2-4-15(9-13)12-25-18(23)16-7-5-14(6-8-16)11-21-17(22)10-20-19(21)24/h2-9H,10-12H2,1H3,(H,20,24). The summed E-state index contributed by atoms with van der Waals surface area (Å²) in [4.78, 5) is 36.4. The number of rotatable bonds is 5. The van der Waals surface area contributed by atoms with Crippen LogP contribution in [0.5, 0.6) is 0 Å². The molecule has 1 heterocycles. The Hall–Kier alpha value is -3.15. The van der Waals surface area contributed by atoms with Crippen LogP contribution in [-0.4, -0.2) is 29.4 Å². The van der Waals surface area contributed by atoms with Gasteiger partial charge in [-0.3, -0.25) is 9.69 Å². The fraction of sp³-hybridized carbons (Fsp3) is 0.211. The molecule has 128 valence electrons. The summed E-state index contributed by atoms with van der Waals surface area (Å²) >= 11 is 0. The zero-order valence-electron chi connectivity index (χ0n) is 13.8. The fourth-order valence-corrected chi connectivity index (χ4v) is 2.58. The molecular formula is C19H18N2O4. The Morgan fingerprint density at radius 3 is 2.52 bits per heavy atom. The number of nitrogens with one attached hydrogen (secondary N) is 1. The Kier molecular flexibility index (Phi) is 4.79. The molecule has 0 aliphatic carbocycles. The van der Waals surface area contributed by atoms with Gasteiger partial charge in [-0.25, -0.2) is 9.59 Å². The van der Waals surface area contributed by atoms with Crippen molar-refractivity contribution in [1.29, 1.82) is 0 Å². The second-order valence-electron chi connectivity index (χ2n) is 5.90. The van der Waals surface area contributed by atoms with Crippen LogP contribution < -0.4 is 5.32 Å². The highest BCUT2D eigenvalue weighted by Gasteiger charge is 2.28. The van der Waals surface area contributed by atoms with Crippen molar-refractivity contribution in [2.75, 3.05) is 6.54 Å². The van der Waals surface area contributed by atoms with Crippen LogP contribution in [0.1, 0.15) is 27.0 Å². The third kappa shape index (κ3) is 4.03. The molecule has 6 heteroatoms. The molecule has 0 bridgehead atoms. The number of imide groups is 1. The van der Waals surface area contributed by atoms with Gasteiger partial charge < -0.3 is 10.1 Å². The summed E-state index contributed by atoms with van der Waals surface area (Å²) < 4.78 is 5.31. The largest absolute Gasteiger partial charge is 0.457 e. The van der Waals surface area contributed by atoms with Crippen LogP contribution in [0, 0.1) is 6.92 Å². The molecule has 0 spiro atoms. The number of carbonyl (C=O) groups is 3. The number of hydrogen-bond donors (Lipinski definition) is 1. The van der Waals surface area contributed by atoms with Crippen molar-refractivity contribution < 1.29 is 19.1 Å². The van der Waals surface area contributed by atoms with E-state index in [4.69, 9.17) is 4.74 Å². The van der Waals surface area contributed by atoms with Crippen molar-refractivity contribution >= 4 is 17.9 Å². The van der Waals surface area contributed by atoms with Gasteiger partial charge in [-0.2, -0.15) is 0 Å². The van der Waals surface area contributed by atoms with Crippen molar-refractivity contribution in [3.63, 3.8) is 0 Å². The van der Waals surface area contributed by atoms with Crippen LogP contribution in [0.3, 0.4) is 0 Å². The molecule has 0 radical (unpaired) electrons. The van der Waals surface area contributed by atoms with Gasteiger partial charge in [0.25, 0.3) is 0 Å². The smallest absolute Gasteiger partial charge is 0.338 e. The van der Waals surface area contributed by atoms with Crippen LogP contribution >= 0.6 is 0 Å². The number of hydrogen-bond acceptors (Lipinski definition) is 4. The maximum Gasteiger partial charge on any atom is 0.338 e. The second-order valence-corrected chi connectivity index (χ2v) is 5.90. The lowest BCUT2D eigenvalue weighted by Gasteiger charge is -2.12. The number of aryl methyl sites for hydroxylation is 1. The Balaban J connectivity index is 1.59. The first kappa shape index (κ1) is 16.7. The first-order valence-electron chi connectivity index (χ1n) is 7.93. The first-order valence-corrected chi connectivity index (χ1v) is 7.93. The Labute approximate surface area is 145 Å². The van der Waals surface area contributed by atoms with E-state index in [1.165, 1.54) is 0 Å². The third-order valence-electron chi connectivity index (χ3n) is 3.92. The molecule has 1 N–H and O–H groups in total. The molecular weight excluding hydrogens is 320 g/mol. The molecule has 0 saturated carbocycles. The van der Waals surface area contributed by atoms with Crippen LogP contribution in [0.15, 0.2) is 48.5 Å². The Bertz CT molecular complexity index is 798. The van der Waals surface area contributed by atoms with Crippen molar-refractivity contribution in [3.05, 3.63) is 70.8 Å². The van der Waals surface area contributed by atoms with E-state index in [2.05, 4.69) is 5.32 Å². The van der Waals surface area contributed by atoms with E-state index >= 15 is 0 Å². The molecule has 2 aromatic rings. The number of amides is 3. The quantitative estimate of drug-likeness (QED) is 0.671. The van der Waals surface area contributed by atoms with Crippen molar-refractivity contribution in [1.82, 2.24) is 10.2 Å². The lowest BCUT2D eigenvalue weighted by molar-refractivity contribution is -0.125. The molecule has 1 fully saturated rings. The first-order chi connectivity index (χ1) is 12.0. The molecule has 1 aliphatic heterocycles. The van der Waals surface area contributed by atoms with Gasteiger partial charge in [-0.15, -0.1) is 0 Å². The summed E-state index contributed by atoms with van der Waals surface area (Å²) in [6.07, 6.45) is 0.